The molecule has 1 heterocycles. The van der Waals surface area contributed by atoms with Crippen LogP contribution < -0.4 is 5.14 Å². The fourth-order valence-electron chi connectivity index (χ4n) is 3.13. The topological polar surface area (TPSA) is 78.0 Å². The van der Waals surface area contributed by atoms with Gasteiger partial charge < -0.3 is 0 Å². The second kappa shape index (κ2) is 7.83. The van der Waals surface area contributed by atoms with Crippen LogP contribution in [-0.2, 0) is 16.6 Å². The minimum absolute atomic E-state index is 0.0676. The van der Waals surface area contributed by atoms with Gasteiger partial charge in [-0.25, -0.2) is 13.6 Å². The van der Waals surface area contributed by atoms with E-state index in [1.807, 2.05) is 65.5 Å². The molecule has 0 unspecified atom stereocenters. The lowest BCUT2D eigenvalue weighted by Crippen LogP contribution is -2.11. The number of halogens is 1. The number of nitrogens with zero attached hydrogens (tertiary/aromatic N) is 2. The number of sulfonamides is 1. The Labute approximate surface area is 174 Å². The molecule has 146 valence electrons. The fourth-order valence-corrected chi connectivity index (χ4v) is 3.77. The summed E-state index contributed by atoms with van der Waals surface area (Å²) in [6, 6.07) is 24.0. The summed E-state index contributed by atoms with van der Waals surface area (Å²) >= 11 is 6.04. The molecule has 0 aliphatic carbocycles. The Balaban J connectivity index is 1.79. The van der Waals surface area contributed by atoms with Crippen LogP contribution in [0.15, 0.2) is 90.0 Å². The molecule has 0 atom stereocenters. The molecule has 5 nitrogen and oxygen atoms in total. The number of hydrogen-bond donors (Lipinski definition) is 1. The summed E-state index contributed by atoms with van der Waals surface area (Å²) in [4.78, 5) is 0.0676. The van der Waals surface area contributed by atoms with E-state index in [-0.39, 0.29) is 4.90 Å². The molecule has 3 aromatic carbocycles. The number of hydrogen-bond acceptors (Lipinski definition) is 3. The molecule has 0 spiro atoms. The third kappa shape index (κ3) is 4.40. The highest BCUT2D eigenvalue weighted by Crippen LogP contribution is 2.32. The Morgan fingerprint density at radius 1 is 0.862 bits per heavy atom. The van der Waals surface area contributed by atoms with Crippen molar-refractivity contribution in [3.8, 4) is 22.4 Å². The minimum Gasteiger partial charge on any atom is -0.267 e. The molecule has 0 saturated carbocycles. The van der Waals surface area contributed by atoms with Crippen molar-refractivity contribution in [1.29, 1.82) is 0 Å². The third-order valence-electron chi connectivity index (χ3n) is 4.56. The van der Waals surface area contributed by atoms with Gasteiger partial charge in [0.05, 0.1) is 11.4 Å². The van der Waals surface area contributed by atoms with E-state index in [1.54, 1.807) is 12.1 Å². The van der Waals surface area contributed by atoms with Crippen LogP contribution in [0.2, 0.25) is 5.02 Å². The van der Waals surface area contributed by atoms with Crippen LogP contribution in [0.25, 0.3) is 22.4 Å². The van der Waals surface area contributed by atoms with Crippen LogP contribution in [0.5, 0.6) is 0 Å². The average Bonchev–Trinajstić information content (AvgIpc) is 3.12. The molecule has 2 N–H and O–H groups in total. The maximum absolute atomic E-state index is 11.6. The lowest BCUT2D eigenvalue weighted by molar-refractivity contribution is 0.598. The summed E-state index contributed by atoms with van der Waals surface area (Å²) < 4.78 is 25.0. The molecule has 0 saturated heterocycles. The number of rotatable bonds is 5. The first-order valence-corrected chi connectivity index (χ1v) is 10.8. The standard InChI is InChI=1S/C22H18ClN3O2S/c23-19-10-6-17(7-11-19)21-15-26(14-16-4-2-1-3-5-16)25-22(21)18-8-12-20(13-9-18)29(24,27)28/h1-13,15H,14H2,(H2,24,27,28). The Morgan fingerprint density at radius 3 is 2.10 bits per heavy atom. The Bertz CT molecular complexity index is 1230. The number of nitrogens with two attached hydrogens (primary N) is 1. The molecular weight excluding hydrogens is 406 g/mol. The van der Waals surface area contributed by atoms with Crippen LogP contribution in [-0.4, -0.2) is 18.2 Å². The molecule has 1 aromatic heterocycles. The second-order valence-corrected chi connectivity index (χ2v) is 8.65. The summed E-state index contributed by atoms with van der Waals surface area (Å²) in [5, 5.41) is 10.6. The van der Waals surface area contributed by atoms with Gasteiger partial charge in [-0.15, -0.1) is 0 Å². The van der Waals surface area contributed by atoms with Crippen molar-refractivity contribution in [3.05, 3.63) is 95.6 Å². The molecule has 0 bridgehead atoms. The van der Waals surface area contributed by atoms with Gasteiger partial charge in [-0.3, -0.25) is 4.68 Å². The first kappa shape index (κ1) is 19.4. The van der Waals surface area contributed by atoms with Crippen LogP contribution in [0.3, 0.4) is 0 Å². The van der Waals surface area contributed by atoms with Crippen LogP contribution in [0, 0.1) is 0 Å². The van der Waals surface area contributed by atoms with Gasteiger partial charge in [-0.1, -0.05) is 66.2 Å². The van der Waals surface area contributed by atoms with Crippen molar-refractivity contribution in [2.24, 2.45) is 5.14 Å². The van der Waals surface area contributed by atoms with E-state index in [0.717, 1.165) is 27.9 Å². The minimum atomic E-state index is -3.74. The summed E-state index contributed by atoms with van der Waals surface area (Å²) in [5.41, 5.74) is 4.59. The molecule has 0 aliphatic rings. The van der Waals surface area contributed by atoms with Gasteiger partial charge in [0, 0.05) is 22.3 Å². The third-order valence-corrected chi connectivity index (χ3v) is 5.74. The van der Waals surface area contributed by atoms with Crippen LogP contribution >= 0.6 is 11.6 Å². The Kier molecular flexibility index (Phi) is 5.24. The highest BCUT2D eigenvalue weighted by Gasteiger charge is 2.15. The Hall–Kier alpha value is -2.93. The van der Waals surface area contributed by atoms with Gasteiger partial charge in [-0.2, -0.15) is 5.10 Å². The molecule has 29 heavy (non-hydrogen) atoms. The zero-order valence-electron chi connectivity index (χ0n) is 15.4. The van der Waals surface area contributed by atoms with E-state index in [0.29, 0.717) is 11.6 Å². The molecule has 0 amide bonds. The van der Waals surface area contributed by atoms with Crippen molar-refractivity contribution in [1.82, 2.24) is 9.78 Å². The predicted molar refractivity (Wildman–Crippen MR) is 115 cm³/mol. The van der Waals surface area contributed by atoms with Crippen molar-refractivity contribution in [2.75, 3.05) is 0 Å². The van der Waals surface area contributed by atoms with Gasteiger partial charge in [0.1, 0.15) is 5.69 Å². The number of aromatic nitrogens is 2. The van der Waals surface area contributed by atoms with E-state index in [1.165, 1.54) is 12.1 Å². The summed E-state index contributed by atoms with van der Waals surface area (Å²) in [7, 11) is -3.74. The second-order valence-electron chi connectivity index (χ2n) is 6.65. The smallest absolute Gasteiger partial charge is 0.238 e. The highest BCUT2D eigenvalue weighted by molar-refractivity contribution is 7.89. The van der Waals surface area contributed by atoms with Crippen LogP contribution in [0.4, 0.5) is 0 Å². The summed E-state index contributed by atoms with van der Waals surface area (Å²) in [5.74, 6) is 0. The first-order chi connectivity index (χ1) is 13.9. The molecule has 4 rings (SSSR count). The zero-order chi connectivity index (χ0) is 20.4. The first-order valence-electron chi connectivity index (χ1n) is 8.91. The van der Waals surface area contributed by atoms with Gasteiger partial charge in [0.25, 0.3) is 0 Å². The van der Waals surface area contributed by atoms with Gasteiger partial charge in [0.2, 0.25) is 10.0 Å². The van der Waals surface area contributed by atoms with E-state index in [4.69, 9.17) is 21.8 Å². The van der Waals surface area contributed by atoms with Gasteiger partial charge in [-0.05, 0) is 35.4 Å². The van der Waals surface area contributed by atoms with E-state index < -0.39 is 10.0 Å². The summed E-state index contributed by atoms with van der Waals surface area (Å²) in [6.45, 7) is 0.622. The molecule has 7 heteroatoms. The quantitative estimate of drug-likeness (QED) is 0.510. The molecule has 0 fully saturated rings. The Morgan fingerprint density at radius 2 is 1.48 bits per heavy atom. The van der Waals surface area contributed by atoms with Crippen LogP contribution in [0.1, 0.15) is 5.56 Å². The van der Waals surface area contributed by atoms with E-state index in [9.17, 15) is 8.42 Å². The SMILES string of the molecule is NS(=O)(=O)c1ccc(-c2nn(Cc3ccccc3)cc2-c2ccc(Cl)cc2)cc1. The van der Waals surface area contributed by atoms with Crippen molar-refractivity contribution in [2.45, 2.75) is 11.4 Å². The number of primary sulfonamides is 1. The normalized spacial score (nSPS) is 11.5. The maximum atomic E-state index is 11.6. The van der Waals surface area contributed by atoms with E-state index in [2.05, 4.69) is 0 Å². The zero-order valence-corrected chi connectivity index (χ0v) is 16.9. The van der Waals surface area contributed by atoms with Crippen molar-refractivity contribution < 1.29 is 8.42 Å². The molecule has 0 radical (unpaired) electrons. The van der Waals surface area contributed by atoms with Gasteiger partial charge in [0.15, 0.2) is 0 Å². The van der Waals surface area contributed by atoms with Crippen molar-refractivity contribution in [3.63, 3.8) is 0 Å². The molecule has 0 aliphatic heterocycles. The van der Waals surface area contributed by atoms with Gasteiger partial charge >= 0.3 is 0 Å². The highest BCUT2D eigenvalue weighted by atomic mass is 35.5. The molecular formula is C22H18ClN3O2S. The largest absolute Gasteiger partial charge is 0.267 e. The monoisotopic (exact) mass is 423 g/mol. The number of benzene rings is 3. The average molecular weight is 424 g/mol. The van der Waals surface area contributed by atoms with Crippen molar-refractivity contribution >= 4 is 21.6 Å². The summed E-state index contributed by atoms with van der Waals surface area (Å²) in [6.07, 6.45) is 1.99. The molecule has 4 aromatic rings. The maximum Gasteiger partial charge on any atom is 0.238 e. The lowest BCUT2D eigenvalue weighted by atomic mass is 10.0. The fraction of sp³-hybridized carbons (Fsp3) is 0.0455. The predicted octanol–water partition coefficient (Wildman–Crippen LogP) is 4.57. The lowest BCUT2D eigenvalue weighted by Gasteiger charge is -2.04. The van der Waals surface area contributed by atoms with E-state index >= 15 is 0 Å².